The van der Waals surface area contributed by atoms with Crippen LogP contribution in [0.15, 0.2) is 21.5 Å². The van der Waals surface area contributed by atoms with Crippen molar-refractivity contribution in [3.63, 3.8) is 0 Å². The second-order valence-corrected chi connectivity index (χ2v) is 7.09. The number of ether oxygens (including phenoxy) is 3. The van der Waals surface area contributed by atoms with Gasteiger partial charge in [0, 0.05) is 7.11 Å². The van der Waals surface area contributed by atoms with Crippen LogP contribution < -0.4 is 9.47 Å². The summed E-state index contributed by atoms with van der Waals surface area (Å²) in [6.45, 7) is 0.899. The molecule has 2 rings (SSSR count). The van der Waals surface area contributed by atoms with Crippen LogP contribution in [0.2, 0.25) is 0 Å². The first-order chi connectivity index (χ1) is 11.0. The lowest BCUT2D eigenvalue weighted by Gasteiger charge is -2.13. The summed E-state index contributed by atoms with van der Waals surface area (Å²) in [6, 6.07) is 3.67. The largest absolute Gasteiger partial charge is 0.493 e. The molecule has 8 heteroatoms. The Hall–Kier alpha value is -1.09. The number of thiocarbonyl (C=S) groups is 1. The van der Waals surface area contributed by atoms with E-state index in [1.807, 2.05) is 12.1 Å². The molecule has 1 saturated heterocycles. The molecule has 0 aliphatic carbocycles. The van der Waals surface area contributed by atoms with Crippen molar-refractivity contribution < 1.29 is 19.0 Å². The van der Waals surface area contributed by atoms with Crippen LogP contribution in [0.25, 0.3) is 6.08 Å². The van der Waals surface area contributed by atoms with Gasteiger partial charge in [-0.1, -0.05) is 24.0 Å². The lowest BCUT2D eigenvalue weighted by molar-refractivity contribution is -0.122. The maximum atomic E-state index is 12.4. The van der Waals surface area contributed by atoms with E-state index in [1.54, 1.807) is 32.3 Å². The number of carbonyl (C=O) groups excluding carboxylic acids is 1. The molecule has 1 aromatic rings. The van der Waals surface area contributed by atoms with E-state index in [1.165, 1.54) is 11.8 Å². The molecule has 1 aliphatic heterocycles. The highest BCUT2D eigenvalue weighted by molar-refractivity contribution is 9.10. The zero-order valence-electron chi connectivity index (χ0n) is 12.9. The van der Waals surface area contributed by atoms with Crippen LogP contribution >= 0.6 is 39.9 Å². The Labute approximate surface area is 153 Å². The van der Waals surface area contributed by atoms with Gasteiger partial charge in [-0.05, 0) is 39.7 Å². The number of amides is 1. The van der Waals surface area contributed by atoms with E-state index >= 15 is 0 Å². The van der Waals surface area contributed by atoms with Crippen molar-refractivity contribution >= 4 is 56.2 Å². The minimum absolute atomic E-state index is 0.108. The van der Waals surface area contributed by atoms with Gasteiger partial charge < -0.3 is 14.2 Å². The topological polar surface area (TPSA) is 48.0 Å². The van der Waals surface area contributed by atoms with Crippen molar-refractivity contribution in [2.75, 3.05) is 34.5 Å². The van der Waals surface area contributed by atoms with Gasteiger partial charge in [-0.15, -0.1) is 0 Å². The van der Waals surface area contributed by atoms with E-state index in [9.17, 15) is 4.79 Å². The van der Waals surface area contributed by atoms with E-state index in [2.05, 4.69) is 15.9 Å². The molecule has 0 spiro atoms. The quantitative estimate of drug-likeness (QED) is 0.522. The van der Waals surface area contributed by atoms with Crippen molar-refractivity contribution in [1.29, 1.82) is 0 Å². The second kappa shape index (κ2) is 8.14. The predicted molar refractivity (Wildman–Crippen MR) is 99.0 cm³/mol. The van der Waals surface area contributed by atoms with Gasteiger partial charge in [-0.3, -0.25) is 9.69 Å². The molecule has 1 aromatic carbocycles. The monoisotopic (exact) mass is 417 g/mol. The summed E-state index contributed by atoms with van der Waals surface area (Å²) in [5.41, 5.74) is 0.821. The fraction of sp³-hybridized carbons (Fsp3) is 0.333. The third-order valence-corrected chi connectivity index (χ3v) is 5.11. The van der Waals surface area contributed by atoms with Crippen molar-refractivity contribution in [2.24, 2.45) is 0 Å². The molecule has 5 nitrogen and oxygen atoms in total. The summed E-state index contributed by atoms with van der Waals surface area (Å²) in [4.78, 5) is 14.5. The maximum Gasteiger partial charge on any atom is 0.266 e. The lowest BCUT2D eigenvalue weighted by atomic mass is 10.2. The molecular formula is C15H16BrNO4S2. The Morgan fingerprint density at radius 1 is 1.30 bits per heavy atom. The third kappa shape index (κ3) is 4.06. The molecule has 0 N–H and O–H groups in total. The van der Waals surface area contributed by atoms with E-state index < -0.39 is 0 Å². The minimum Gasteiger partial charge on any atom is -0.493 e. The van der Waals surface area contributed by atoms with E-state index in [0.717, 1.165) is 10.0 Å². The van der Waals surface area contributed by atoms with E-state index in [4.69, 9.17) is 26.4 Å². The Balaban J connectivity index is 2.30. The molecular weight excluding hydrogens is 402 g/mol. The maximum absolute atomic E-state index is 12.4. The Morgan fingerprint density at radius 3 is 2.65 bits per heavy atom. The first-order valence-electron chi connectivity index (χ1n) is 6.67. The zero-order valence-corrected chi connectivity index (χ0v) is 16.1. The molecule has 0 saturated carbocycles. The smallest absolute Gasteiger partial charge is 0.266 e. The molecule has 0 atom stereocenters. The average Bonchev–Trinajstić information content (AvgIpc) is 2.78. The highest BCUT2D eigenvalue weighted by Gasteiger charge is 2.31. The average molecular weight is 418 g/mol. The molecule has 1 amide bonds. The first kappa shape index (κ1) is 18.3. The summed E-state index contributed by atoms with van der Waals surface area (Å²) in [5.74, 6) is 1.09. The molecule has 1 heterocycles. The number of rotatable bonds is 6. The van der Waals surface area contributed by atoms with Crippen LogP contribution in [-0.2, 0) is 9.53 Å². The van der Waals surface area contributed by atoms with Gasteiger partial charge in [0.1, 0.15) is 4.32 Å². The number of thioether (sulfide) groups is 1. The normalized spacial score (nSPS) is 16.3. The van der Waals surface area contributed by atoms with Crippen LogP contribution in [-0.4, -0.2) is 49.6 Å². The standard InChI is InChI=1S/C15H16BrNO4S2/c1-19-5-4-17-14(18)12(23-15(17)22)8-9-6-10(16)13(21-3)11(7-9)20-2/h6-8H,4-5H2,1-3H3. The first-order valence-corrected chi connectivity index (χ1v) is 8.69. The van der Waals surface area contributed by atoms with Crippen LogP contribution in [0.1, 0.15) is 5.56 Å². The van der Waals surface area contributed by atoms with Crippen LogP contribution in [0.4, 0.5) is 0 Å². The molecule has 124 valence electrons. The molecule has 23 heavy (non-hydrogen) atoms. The number of nitrogens with zero attached hydrogens (tertiary/aromatic N) is 1. The van der Waals surface area contributed by atoms with Gasteiger partial charge in [0.25, 0.3) is 5.91 Å². The number of halogens is 1. The van der Waals surface area contributed by atoms with Gasteiger partial charge in [0.15, 0.2) is 11.5 Å². The number of methoxy groups -OCH3 is 3. The molecule has 0 bridgehead atoms. The fourth-order valence-corrected chi connectivity index (χ4v) is 3.98. The third-order valence-electron chi connectivity index (χ3n) is 3.15. The van der Waals surface area contributed by atoms with Crippen LogP contribution in [0.3, 0.4) is 0 Å². The SMILES string of the molecule is COCCN1C(=O)C(=Cc2cc(Br)c(OC)c(OC)c2)SC1=S. The fourth-order valence-electron chi connectivity index (χ4n) is 2.05. The Bertz CT molecular complexity index is 663. The number of benzene rings is 1. The molecule has 1 aliphatic rings. The van der Waals surface area contributed by atoms with E-state index in [-0.39, 0.29) is 5.91 Å². The highest BCUT2D eigenvalue weighted by Crippen LogP contribution is 2.38. The van der Waals surface area contributed by atoms with Gasteiger partial charge >= 0.3 is 0 Å². The van der Waals surface area contributed by atoms with Crippen molar-refractivity contribution in [3.8, 4) is 11.5 Å². The molecule has 0 aromatic heterocycles. The highest BCUT2D eigenvalue weighted by atomic mass is 79.9. The molecule has 0 unspecified atom stereocenters. The van der Waals surface area contributed by atoms with Crippen LogP contribution in [0.5, 0.6) is 11.5 Å². The van der Waals surface area contributed by atoms with Gasteiger partial charge in [-0.2, -0.15) is 0 Å². The summed E-state index contributed by atoms with van der Waals surface area (Å²) in [6.07, 6.45) is 1.79. The van der Waals surface area contributed by atoms with E-state index in [0.29, 0.717) is 33.9 Å². The Kier molecular flexibility index (Phi) is 6.46. The second-order valence-electron chi connectivity index (χ2n) is 4.56. The van der Waals surface area contributed by atoms with Gasteiger partial charge in [0.2, 0.25) is 0 Å². The summed E-state index contributed by atoms with van der Waals surface area (Å²) in [7, 11) is 4.73. The summed E-state index contributed by atoms with van der Waals surface area (Å²) in [5, 5.41) is 0. The Morgan fingerprint density at radius 2 is 2.04 bits per heavy atom. The summed E-state index contributed by atoms with van der Waals surface area (Å²) >= 11 is 9.98. The number of hydrogen-bond acceptors (Lipinski definition) is 6. The predicted octanol–water partition coefficient (Wildman–Crippen LogP) is 3.31. The number of hydrogen-bond donors (Lipinski definition) is 0. The van der Waals surface area contributed by atoms with Gasteiger partial charge in [0.05, 0.1) is 36.7 Å². The van der Waals surface area contributed by atoms with Gasteiger partial charge in [-0.25, -0.2) is 0 Å². The number of carbonyl (C=O) groups is 1. The van der Waals surface area contributed by atoms with Crippen molar-refractivity contribution in [2.45, 2.75) is 0 Å². The summed E-state index contributed by atoms with van der Waals surface area (Å²) < 4.78 is 16.9. The minimum atomic E-state index is -0.108. The van der Waals surface area contributed by atoms with Crippen molar-refractivity contribution in [3.05, 3.63) is 27.1 Å². The lowest BCUT2D eigenvalue weighted by Crippen LogP contribution is -2.31. The zero-order chi connectivity index (χ0) is 17.0. The molecule has 0 radical (unpaired) electrons. The van der Waals surface area contributed by atoms with Crippen molar-refractivity contribution in [1.82, 2.24) is 4.90 Å². The molecule has 1 fully saturated rings. The van der Waals surface area contributed by atoms with Crippen LogP contribution in [0, 0.1) is 0 Å².